The van der Waals surface area contributed by atoms with Gasteiger partial charge in [-0.1, -0.05) is 0 Å². The van der Waals surface area contributed by atoms with Crippen LogP contribution < -0.4 is 5.73 Å². The fourth-order valence-corrected chi connectivity index (χ4v) is 0.988. The second kappa shape index (κ2) is 2.37. The third kappa shape index (κ3) is 0.956. The van der Waals surface area contributed by atoms with Gasteiger partial charge in [0.2, 0.25) is 0 Å². The summed E-state index contributed by atoms with van der Waals surface area (Å²) in [4.78, 5) is 21.5. The lowest BCUT2D eigenvalue weighted by Gasteiger charge is -1.93. The van der Waals surface area contributed by atoms with E-state index in [9.17, 15) is 10.1 Å². The zero-order valence-electron chi connectivity index (χ0n) is 6.28. The quantitative estimate of drug-likeness (QED) is 0.465. The highest BCUT2D eigenvalue weighted by Gasteiger charge is 2.14. The van der Waals surface area contributed by atoms with E-state index in [-0.39, 0.29) is 17.0 Å². The summed E-state index contributed by atoms with van der Waals surface area (Å²) in [5.41, 5.74) is 5.75. The van der Waals surface area contributed by atoms with Crippen LogP contribution in [0.2, 0.25) is 0 Å². The molecule has 2 aromatic heterocycles. The molecule has 2 heterocycles. The molecule has 0 amide bonds. The Bertz CT molecular complexity index is 477. The van der Waals surface area contributed by atoms with Gasteiger partial charge in [0, 0.05) is 0 Å². The van der Waals surface area contributed by atoms with E-state index in [0.717, 1.165) is 6.33 Å². The van der Waals surface area contributed by atoms with Crippen molar-refractivity contribution in [3.63, 3.8) is 0 Å². The Balaban J connectivity index is 2.86. The SMILES string of the molecule is Nc1ncnc2ncn([N+](=O)[O-])c12. The molecule has 0 saturated carbocycles. The molecule has 0 aliphatic rings. The number of fused-ring (bicyclic) bond motifs is 1. The first kappa shape index (κ1) is 7.40. The lowest BCUT2D eigenvalue weighted by molar-refractivity contribution is -0.537. The standard InChI is InChI=1S/C5H4N6O2/c6-4-3-5(8-1-7-4)9-2-10(3)11(12)13/h1-2H,(H2,6,7,8). The number of hydrogen-bond acceptors (Lipinski definition) is 6. The number of nitro groups is 1. The topological polar surface area (TPSA) is 113 Å². The number of anilines is 1. The molecular weight excluding hydrogens is 176 g/mol. The second-order valence-corrected chi connectivity index (χ2v) is 2.26. The Kier molecular flexibility index (Phi) is 1.35. The van der Waals surface area contributed by atoms with E-state index in [2.05, 4.69) is 15.0 Å². The molecule has 13 heavy (non-hydrogen) atoms. The molecule has 2 rings (SSSR count). The minimum Gasteiger partial charge on any atom is -0.382 e. The van der Waals surface area contributed by atoms with Gasteiger partial charge in [0.05, 0.1) is 0 Å². The van der Waals surface area contributed by atoms with Gasteiger partial charge in [-0.25, -0.2) is 25.1 Å². The first-order chi connectivity index (χ1) is 6.20. The molecule has 0 radical (unpaired) electrons. The van der Waals surface area contributed by atoms with Gasteiger partial charge in [0.1, 0.15) is 6.33 Å². The number of rotatable bonds is 1. The van der Waals surface area contributed by atoms with Crippen molar-refractivity contribution in [1.82, 2.24) is 19.6 Å². The van der Waals surface area contributed by atoms with E-state index in [0.29, 0.717) is 4.68 Å². The first-order valence-electron chi connectivity index (χ1n) is 3.28. The Morgan fingerprint density at radius 1 is 1.46 bits per heavy atom. The molecule has 0 bridgehead atoms. The van der Waals surface area contributed by atoms with Crippen molar-refractivity contribution in [1.29, 1.82) is 0 Å². The largest absolute Gasteiger partial charge is 0.382 e. The average Bonchev–Trinajstić information content (AvgIpc) is 2.49. The summed E-state index contributed by atoms with van der Waals surface area (Å²) in [5.74, 6) is 0.0409. The second-order valence-electron chi connectivity index (χ2n) is 2.26. The van der Waals surface area contributed by atoms with Crippen molar-refractivity contribution in [3.8, 4) is 0 Å². The molecule has 0 spiro atoms. The minimum atomic E-state index is -0.644. The summed E-state index contributed by atoms with van der Waals surface area (Å²) in [6.45, 7) is 0. The number of hydrogen-bond donors (Lipinski definition) is 1. The molecule has 0 aliphatic carbocycles. The van der Waals surface area contributed by atoms with Crippen LogP contribution in [0.3, 0.4) is 0 Å². The molecule has 0 unspecified atom stereocenters. The lowest BCUT2D eigenvalue weighted by Crippen LogP contribution is -2.08. The van der Waals surface area contributed by atoms with Gasteiger partial charge >= 0.3 is 0 Å². The number of nitrogens with two attached hydrogens (primary N) is 1. The molecule has 0 aliphatic heterocycles. The zero-order valence-corrected chi connectivity index (χ0v) is 6.28. The molecular formula is C5H4N6O2. The first-order valence-corrected chi connectivity index (χ1v) is 3.28. The predicted molar refractivity (Wildman–Crippen MR) is 42.1 cm³/mol. The van der Waals surface area contributed by atoms with Crippen molar-refractivity contribution in [2.75, 3.05) is 5.73 Å². The maximum absolute atomic E-state index is 10.4. The molecule has 2 aromatic rings. The van der Waals surface area contributed by atoms with Crippen molar-refractivity contribution in [2.24, 2.45) is 0 Å². The van der Waals surface area contributed by atoms with Crippen LogP contribution in [0.1, 0.15) is 0 Å². The highest BCUT2D eigenvalue weighted by molar-refractivity contribution is 5.80. The van der Waals surface area contributed by atoms with Crippen molar-refractivity contribution >= 4 is 17.0 Å². The van der Waals surface area contributed by atoms with Crippen LogP contribution in [0, 0.1) is 10.1 Å². The fourth-order valence-electron chi connectivity index (χ4n) is 0.988. The normalized spacial score (nSPS) is 10.5. The van der Waals surface area contributed by atoms with E-state index in [4.69, 9.17) is 5.73 Å². The fraction of sp³-hybridized carbons (Fsp3) is 0. The maximum atomic E-state index is 10.4. The summed E-state index contributed by atoms with van der Waals surface area (Å²) < 4.78 is 0.685. The minimum absolute atomic E-state index is 0.0409. The summed E-state index contributed by atoms with van der Waals surface area (Å²) in [6.07, 6.45) is 2.24. The monoisotopic (exact) mass is 180 g/mol. The van der Waals surface area contributed by atoms with E-state index >= 15 is 0 Å². The number of aromatic nitrogens is 4. The summed E-state index contributed by atoms with van der Waals surface area (Å²) in [5, 5.41) is 9.80. The van der Waals surface area contributed by atoms with Gasteiger partial charge in [-0.15, -0.1) is 0 Å². The Hall–Kier alpha value is -2.25. The highest BCUT2D eigenvalue weighted by Crippen LogP contribution is 2.13. The summed E-state index contributed by atoms with van der Waals surface area (Å²) in [6, 6.07) is 0. The average molecular weight is 180 g/mol. The highest BCUT2D eigenvalue weighted by atomic mass is 16.7. The van der Waals surface area contributed by atoms with Gasteiger partial charge in [0.25, 0.3) is 0 Å². The molecule has 0 saturated heterocycles. The number of imidazole rings is 1. The van der Waals surface area contributed by atoms with Crippen LogP contribution in [0.4, 0.5) is 5.82 Å². The molecule has 0 atom stereocenters. The van der Waals surface area contributed by atoms with E-state index < -0.39 is 5.03 Å². The molecule has 8 nitrogen and oxygen atoms in total. The van der Waals surface area contributed by atoms with Crippen LogP contribution in [0.15, 0.2) is 12.7 Å². The smallest absolute Gasteiger partial charge is 0.199 e. The maximum Gasteiger partial charge on any atom is 0.199 e. The Morgan fingerprint density at radius 3 is 2.92 bits per heavy atom. The third-order valence-corrected chi connectivity index (χ3v) is 1.53. The Morgan fingerprint density at radius 2 is 2.23 bits per heavy atom. The van der Waals surface area contributed by atoms with Crippen LogP contribution in [0.5, 0.6) is 0 Å². The van der Waals surface area contributed by atoms with Gasteiger partial charge in [-0.2, -0.15) is 0 Å². The van der Waals surface area contributed by atoms with Crippen LogP contribution in [-0.4, -0.2) is 24.7 Å². The van der Waals surface area contributed by atoms with Gasteiger partial charge in [-0.3, -0.25) is 0 Å². The van der Waals surface area contributed by atoms with Gasteiger partial charge in [-0.05, 0) is 4.68 Å². The van der Waals surface area contributed by atoms with Crippen molar-refractivity contribution in [3.05, 3.63) is 22.8 Å². The summed E-state index contributed by atoms with van der Waals surface area (Å²) >= 11 is 0. The zero-order chi connectivity index (χ0) is 9.42. The van der Waals surface area contributed by atoms with Crippen LogP contribution in [0.25, 0.3) is 11.2 Å². The van der Waals surface area contributed by atoms with Crippen LogP contribution in [-0.2, 0) is 0 Å². The van der Waals surface area contributed by atoms with E-state index in [1.165, 1.54) is 6.33 Å². The molecule has 2 N–H and O–H groups in total. The van der Waals surface area contributed by atoms with E-state index in [1.54, 1.807) is 0 Å². The number of nitrogen functional groups attached to an aromatic ring is 1. The molecule has 0 fully saturated rings. The molecule has 8 heteroatoms. The predicted octanol–water partition coefficient (Wildman–Crippen LogP) is -0.552. The van der Waals surface area contributed by atoms with Crippen molar-refractivity contribution < 1.29 is 5.03 Å². The Labute approximate surface area is 71.2 Å². The van der Waals surface area contributed by atoms with Gasteiger partial charge in [0.15, 0.2) is 28.3 Å². The molecule has 66 valence electrons. The van der Waals surface area contributed by atoms with E-state index in [1.807, 2.05) is 0 Å². The third-order valence-electron chi connectivity index (χ3n) is 1.53. The van der Waals surface area contributed by atoms with Gasteiger partial charge < -0.3 is 5.73 Å². The van der Waals surface area contributed by atoms with Crippen molar-refractivity contribution in [2.45, 2.75) is 0 Å². The number of nitrogens with zero attached hydrogens (tertiary/aromatic N) is 5. The van der Waals surface area contributed by atoms with Crippen LogP contribution >= 0.6 is 0 Å². The lowest BCUT2D eigenvalue weighted by atomic mass is 10.5. The summed E-state index contributed by atoms with van der Waals surface area (Å²) in [7, 11) is 0. The molecule has 0 aromatic carbocycles.